The Labute approximate surface area is 261 Å². The number of Topliss-reactive ketones (excluding diaryl/α,β-unsaturated/α-hetero) is 1. The normalized spacial score (nSPS) is 34.2. The van der Waals surface area contributed by atoms with E-state index in [-0.39, 0.29) is 34.7 Å². The summed E-state index contributed by atoms with van der Waals surface area (Å²) in [5.41, 5.74) is 4.72. The molecule has 3 saturated carbocycles. The summed E-state index contributed by atoms with van der Waals surface area (Å²) in [7, 11) is 0. The Morgan fingerprint density at radius 3 is 2.84 bits per heavy atom. The average Bonchev–Trinajstić information content (AvgIpc) is 3.68. The summed E-state index contributed by atoms with van der Waals surface area (Å²) >= 11 is 1.21. The van der Waals surface area contributed by atoms with E-state index in [1.165, 1.54) is 28.5 Å². The van der Waals surface area contributed by atoms with E-state index in [1.807, 2.05) is 6.20 Å². The quantitative estimate of drug-likeness (QED) is 0.266. The van der Waals surface area contributed by atoms with E-state index in [1.54, 1.807) is 18.3 Å². The molecule has 4 aliphatic carbocycles. The molecular formula is C35H38N4O4S. The molecule has 44 heavy (non-hydrogen) atoms. The van der Waals surface area contributed by atoms with E-state index in [9.17, 15) is 15.0 Å². The number of nitrogens with zero attached hydrogens (tertiary/aromatic N) is 4. The Bertz CT molecular complexity index is 1800. The van der Waals surface area contributed by atoms with Crippen LogP contribution in [0.1, 0.15) is 62.8 Å². The van der Waals surface area contributed by atoms with Crippen LogP contribution in [-0.4, -0.2) is 53.2 Å². The van der Waals surface area contributed by atoms with E-state index >= 15 is 0 Å². The lowest BCUT2D eigenvalue weighted by atomic mass is 9.45. The molecule has 0 spiro atoms. The van der Waals surface area contributed by atoms with Crippen molar-refractivity contribution in [2.75, 3.05) is 5.75 Å². The van der Waals surface area contributed by atoms with Gasteiger partial charge in [0.15, 0.2) is 17.0 Å². The standard InChI is InChI=1S/C35H38N4O4S/c1-20-7-4-5-8-25(20)39-26-15-22-10-11-23-24-12-13-35(42,29(41)19-44-32-38-31-28(43-32)9-6-14-36-31)34(24,3)17-27(40)30(23)33(22,2)16-21(26)18-37-39/h4-9,14-15,18,23-24,27,30,40,42H,10-13,16-17,19H2,1-3H3/t23?,24?,27?,30?,33?,34?,35-/m0/s1. The van der Waals surface area contributed by atoms with Crippen molar-refractivity contribution in [1.29, 1.82) is 0 Å². The van der Waals surface area contributed by atoms with E-state index in [0.29, 0.717) is 29.3 Å². The zero-order valence-electron chi connectivity index (χ0n) is 25.4. The van der Waals surface area contributed by atoms with Gasteiger partial charge in [0.1, 0.15) is 5.60 Å². The number of carbonyl (C=O) groups is 1. The Kier molecular flexibility index (Phi) is 6.33. The minimum atomic E-state index is -1.49. The number of para-hydroxylation sites is 1. The largest absolute Gasteiger partial charge is 0.430 e. The highest BCUT2D eigenvalue weighted by molar-refractivity contribution is 7.99. The molecule has 2 N–H and O–H groups in total. The average molecular weight is 611 g/mol. The van der Waals surface area contributed by atoms with Crippen molar-refractivity contribution >= 4 is 34.9 Å². The van der Waals surface area contributed by atoms with Gasteiger partial charge in [0.2, 0.25) is 0 Å². The molecule has 3 fully saturated rings. The van der Waals surface area contributed by atoms with Gasteiger partial charge < -0.3 is 14.6 Å². The number of aliphatic hydroxyl groups is 2. The second kappa shape index (κ2) is 9.86. The third kappa shape index (κ3) is 3.91. The monoisotopic (exact) mass is 610 g/mol. The maximum Gasteiger partial charge on any atom is 0.258 e. The van der Waals surface area contributed by atoms with Gasteiger partial charge >= 0.3 is 0 Å². The second-order valence-corrected chi connectivity index (χ2v) is 14.9. The Balaban J connectivity index is 1.06. The van der Waals surface area contributed by atoms with Crippen molar-refractivity contribution in [2.45, 2.75) is 76.2 Å². The Hall–Kier alpha value is -3.27. The maximum absolute atomic E-state index is 13.8. The Morgan fingerprint density at radius 2 is 2.02 bits per heavy atom. The fourth-order valence-corrected chi connectivity index (χ4v) is 10.5. The number of carbonyl (C=O) groups excluding carboxylic acids is 1. The zero-order chi connectivity index (χ0) is 30.4. The van der Waals surface area contributed by atoms with Crippen molar-refractivity contribution in [3.63, 3.8) is 0 Å². The van der Waals surface area contributed by atoms with Gasteiger partial charge in [-0.25, -0.2) is 9.67 Å². The van der Waals surface area contributed by atoms with Crippen molar-refractivity contribution < 1.29 is 19.4 Å². The minimum absolute atomic E-state index is 0.0636. The minimum Gasteiger partial charge on any atom is -0.430 e. The molecule has 4 aromatic rings. The fraction of sp³-hybridized carbons (Fsp3) is 0.486. The first kappa shape index (κ1) is 28.2. The van der Waals surface area contributed by atoms with Gasteiger partial charge in [-0.15, -0.1) is 0 Å². The number of thioether (sulfide) groups is 1. The zero-order valence-corrected chi connectivity index (χ0v) is 26.2. The predicted molar refractivity (Wildman–Crippen MR) is 168 cm³/mol. The molecule has 8 rings (SSSR count). The van der Waals surface area contributed by atoms with Crippen LogP contribution in [0.25, 0.3) is 23.0 Å². The maximum atomic E-state index is 13.8. The van der Waals surface area contributed by atoms with E-state index < -0.39 is 17.1 Å². The first-order valence-corrected chi connectivity index (χ1v) is 16.7. The fourth-order valence-electron chi connectivity index (χ4n) is 9.70. The molecule has 6 unspecified atom stereocenters. The number of aryl methyl sites for hydroxylation is 1. The van der Waals surface area contributed by atoms with Gasteiger partial charge in [-0.3, -0.25) is 4.79 Å². The van der Waals surface area contributed by atoms with Crippen LogP contribution < -0.4 is 0 Å². The molecule has 0 amide bonds. The SMILES string of the molecule is Cc1ccccc1-n1ncc2c1C=C1CCC3C(C(O)CC4(C)C3CC[C@]4(O)C(=O)CSc3nc4ncccc4o3)C1(C)C2. The van der Waals surface area contributed by atoms with Crippen LogP contribution in [0, 0.1) is 35.5 Å². The van der Waals surface area contributed by atoms with Crippen LogP contribution in [-0.2, 0) is 11.2 Å². The van der Waals surface area contributed by atoms with E-state index in [2.05, 4.69) is 65.8 Å². The number of hydrogen-bond acceptors (Lipinski definition) is 8. The summed E-state index contributed by atoms with van der Waals surface area (Å²) in [6.07, 6.45) is 9.73. The third-order valence-corrected chi connectivity index (χ3v) is 12.7. The molecular weight excluding hydrogens is 572 g/mol. The molecule has 4 aliphatic rings. The number of fused-ring (bicyclic) bond motifs is 7. The summed E-state index contributed by atoms with van der Waals surface area (Å²) < 4.78 is 7.82. The van der Waals surface area contributed by atoms with E-state index in [0.717, 1.165) is 37.1 Å². The number of aromatic nitrogens is 4. The van der Waals surface area contributed by atoms with Crippen LogP contribution in [0.15, 0.2) is 64.0 Å². The summed E-state index contributed by atoms with van der Waals surface area (Å²) in [6.45, 7) is 6.49. The lowest BCUT2D eigenvalue weighted by Crippen LogP contribution is -2.62. The first-order chi connectivity index (χ1) is 21.1. The number of ketones is 1. The molecule has 228 valence electrons. The van der Waals surface area contributed by atoms with Gasteiger partial charge in [0.05, 0.1) is 29.4 Å². The second-order valence-electron chi connectivity index (χ2n) is 14.0. The van der Waals surface area contributed by atoms with Gasteiger partial charge in [-0.1, -0.05) is 49.4 Å². The van der Waals surface area contributed by atoms with Crippen LogP contribution >= 0.6 is 11.8 Å². The number of rotatable bonds is 5. The number of aliphatic hydroxyl groups excluding tert-OH is 1. The van der Waals surface area contributed by atoms with Crippen LogP contribution in [0.2, 0.25) is 0 Å². The number of oxazole rings is 1. The lowest BCUT2D eigenvalue weighted by molar-refractivity contribution is -0.177. The molecule has 9 heteroatoms. The van der Waals surface area contributed by atoms with Gasteiger partial charge in [-0.2, -0.15) is 10.1 Å². The van der Waals surface area contributed by atoms with Crippen molar-refractivity contribution in [3.05, 3.63) is 71.2 Å². The molecule has 8 nitrogen and oxygen atoms in total. The topological polar surface area (TPSA) is 114 Å². The van der Waals surface area contributed by atoms with Gasteiger partial charge in [0, 0.05) is 11.6 Å². The highest BCUT2D eigenvalue weighted by Crippen LogP contribution is 2.67. The summed E-state index contributed by atoms with van der Waals surface area (Å²) in [6, 6.07) is 11.9. The number of benzene rings is 1. The van der Waals surface area contributed by atoms with Crippen molar-refractivity contribution in [2.24, 2.45) is 28.6 Å². The highest BCUT2D eigenvalue weighted by atomic mass is 32.2. The molecule has 7 atom stereocenters. The molecule has 0 saturated heterocycles. The predicted octanol–water partition coefficient (Wildman–Crippen LogP) is 5.96. The van der Waals surface area contributed by atoms with Crippen LogP contribution in [0.5, 0.6) is 0 Å². The highest BCUT2D eigenvalue weighted by Gasteiger charge is 2.68. The van der Waals surface area contributed by atoms with Gasteiger partial charge in [-0.05, 0) is 104 Å². The third-order valence-electron chi connectivity index (χ3n) is 11.9. The molecule has 0 aliphatic heterocycles. The molecule has 3 heterocycles. The van der Waals surface area contributed by atoms with Crippen LogP contribution in [0.3, 0.4) is 0 Å². The summed E-state index contributed by atoms with van der Waals surface area (Å²) in [4.78, 5) is 22.4. The van der Waals surface area contributed by atoms with E-state index in [4.69, 9.17) is 9.52 Å². The number of pyridine rings is 1. The first-order valence-electron chi connectivity index (χ1n) is 15.7. The summed E-state index contributed by atoms with van der Waals surface area (Å²) in [5, 5.41) is 29.3. The van der Waals surface area contributed by atoms with Crippen molar-refractivity contribution in [1.82, 2.24) is 19.7 Å². The molecule has 0 bridgehead atoms. The lowest BCUT2D eigenvalue weighted by Gasteiger charge is -2.60. The van der Waals surface area contributed by atoms with Gasteiger partial charge in [0.25, 0.3) is 5.22 Å². The van der Waals surface area contributed by atoms with Crippen molar-refractivity contribution in [3.8, 4) is 5.69 Å². The smallest absolute Gasteiger partial charge is 0.258 e. The Morgan fingerprint density at radius 1 is 1.18 bits per heavy atom. The molecule has 0 radical (unpaired) electrons. The number of hydrogen-bond donors (Lipinski definition) is 2. The van der Waals surface area contributed by atoms with Crippen LogP contribution in [0.4, 0.5) is 0 Å². The molecule has 1 aromatic carbocycles. The summed E-state index contributed by atoms with van der Waals surface area (Å²) in [5.74, 6) is 0.319. The number of allylic oxidation sites excluding steroid dienone is 1. The molecule has 3 aromatic heterocycles.